The smallest absolute Gasteiger partial charge is 0.407 e. The van der Waals surface area contributed by atoms with Crippen molar-refractivity contribution in [2.24, 2.45) is 0 Å². The van der Waals surface area contributed by atoms with Gasteiger partial charge in [0.25, 0.3) is 0 Å². The summed E-state index contributed by atoms with van der Waals surface area (Å²) in [4.78, 5) is 23.0. The summed E-state index contributed by atoms with van der Waals surface area (Å²) in [6.07, 6.45) is -1.46. The Balaban J connectivity index is 2.32. The van der Waals surface area contributed by atoms with Crippen LogP contribution < -0.4 is 4.74 Å². The number of piperazine rings is 1. The Hall–Kier alpha value is -2.81. The Bertz CT molecular complexity index is 887. The molecule has 0 spiro atoms. The molecule has 2 rings (SSSR count). The van der Waals surface area contributed by atoms with E-state index in [0.717, 1.165) is 0 Å². The highest BCUT2D eigenvalue weighted by Gasteiger charge is 2.53. The van der Waals surface area contributed by atoms with Gasteiger partial charge in [0.2, 0.25) is 15.7 Å². The molecule has 0 aliphatic carbocycles. The Labute approximate surface area is 155 Å². The number of sulfonamides is 1. The summed E-state index contributed by atoms with van der Waals surface area (Å²) in [5, 5.41) is 28.8. The quantitative estimate of drug-likeness (QED) is 0.581. The summed E-state index contributed by atoms with van der Waals surface area (Å²) in [5.41, 5.74) is -2.92. The molecule has 3 N–H and O–H groups in total. The lowest BCUT2D eigenvalue weighted by Crippen LogP contribution is -2.68. The molecule has 1 unspecified atom stereocenters. The van der Waals surface area contributed by atoms with Crippen molar-refractivity contribution in [3.8, 4) is 17.6 Å². The van der Waals surface area contributed by atoms with Gasteiger partial charge in [0, 0.05) is 13.1 Å². The van der Waals surface area contributed by atoms with E-state index < -0.39 is 40.9 Å². The fraction of sp³-hybridized carbons (Fsp3) is 0.375. The van der Waals surface area contributed by atoms with Gasteiger partial charge in [-0.1, -0.05) is 5.92 Å². The first kappa shape index (κ1) is 20.5. The highest BCUT2D eigenvalue weighted by molar-refractivity contribution is 7.89. The second-order valence-corrected chi connectivity index (χ2v) is 7.45. The van der Waals surface area contributed by atoms with Crippen molar-refractivity contribution < 1.29 is 38.1 Å². The number of carboxylic acids is 1. The standard InChI is InChI=1S/C16H18N2O8S/c1-2-3-10-26-12-4-6-13(7-5-12)27(24,25)18-9-8-17(15(21)22)11-16(18,23)14(19)20/h4-7,23H,8-11H2,1H3,(H,19,20)(H,21,22). The molecule has 1 heterocycles. The van der Waals surface area contributed by atoms with Crippen LogP contribution in [-0.4, -0.2) is 77.0 Å². The summed E-state index contributed by atoms with van der Waals surface area (Å²) in [6.45, 7) is 0.0713. The van der Waals surface area contributed by atoms with Gasteiger partial charge < -0.3 is 25.0 Å². The number of hydrogen-bond donors (Lipinski definition) is 3. The molecule has 1 amide bonds. The maximum atomic E-state index is 12.8. The molecule has 146 valence electrons. The van der Waals surface area contributed by atoms with Gasteiger partial charge >= 0.3 is 12.1 Å². The molecule has 27 heavy (non-hydrogen) atoms. The van der Waals surface area contributed by atoms with Gasteiger partial charge in [-0.15, -0.1) is 5.92 Å². The summed E-state index contributed by atoms with van der Waals surface area (Å²) in [7, 11) is -4.41. The first-order valence-electron chi connectivity index (χ1n) is 7.72. The molecule has 0 bridgehead atoms. The van der Waals surface area contributed by atoms with E-state index in [1.54, 1.807) is 6.92 Å². The number of carbonyl (C=O) groups is 2. The van der Waals surface area contributed by atoms with Crippen molar-refractivity contribution >= 4 is 22.1 Å². The lowest BCUT2D eigenvalue weighted by Gasteiger charge is -2.42. The predicted octanol–water partition coefficient (Wildman–Crippen LogP) is -0.154. The van der Waals surface area contributed by atoms with Crippen molar-refractivity contribution in [2.75, 3.05) is 26.2 Å². The van der Waals surface area contributed by atoms with Crippen LogP contribution >= 0.6 is 0 Å². The molecule has 10 nitrogen and oxygen atoms in total. The van der Waals surface area contributed by atoms with Crippen LogP contribution in [0.3, 0.4) is 0 Å². The molecule has 1 fully saturated rings. The zero-order valence-corrected chi connectivity index (χ0v) is 15.1. The predicted molar refractivity (Wildman–Crippen MR) is 91.5 cm³/mol. The minimum absolute atomic E-state index is 0.124. The molecular weight excluding hydrogens is 380 g/mol. The van der Waals surface area contributed by atoms with Gasteiger partial charge in [-0.2, -0.15) is 4.31 Å². The van der Waals surface area contributed by atoms with E-state index in [4.69, 9.17) is 9.84 Å². The molecule has 1 aliphatic heterocycles. The van der Waals surface area contributed by atoms with E-state index >= 15 is 0 Å². The van der Waals surface area contributed by atoms with Crippen LogP contribution in [0.1, 0.15) is 6.92 Å². The van der Waals surface area contributed by atoms with Gasteiger partial charge in [-0.05, 0) is 31.2 Å². The topological polar surface area (TPSA) is 145 Å². The Morgan fingerprint density at radius 1 is 1.22 bits per heavy atom. The highest BCUT2D eigenvalue weighted by Crippen LogP contribution is 2.28. The van der Waals surface area contributed by atoms with Crippen LogP contribution in [0.2, 0.25) is 0 Å². The van der Waals surface area contributed by atoms with Crippen LogP contribution in [0.4, 0.5) is 4.79 Å². The van der Waals surface area contributed by atoms with Crippen molar-refractivity contribution in [3.63, 3.8) is 0 Å². The molecule has 1 atom stereocenters. The lowest BCUT2D eigenvalue weighted by molar-refractivity contribution is -0.180. The maximum absolute atomic E-state index is 12.8. The summed E-state index contributed by atoms with van der Waals surface area (Å²) in [5.74, 6) is 3.82. The first-order valence-corrected chi connectivity index (χ1v) is 9.16. The van der Waals surface area contributed by atoms with Crippen LogP contribution in [0, 0.1) is 11.8 Å². The van der Waals surface area contributed by atoms with Crippen LogP contribution in [0.5, 0.6) is 5.75 Å². The number of benzene rings is 1. The summed E-state index contributed by atoms with van der Waals surface area (Å²) in [6, 6.07) is 5.15. The number of β-amino-alcohol motifs (C(OH)–C–C–N with tert-alkyl or cyclic N) is 1. The van der Waals surface area contributed by atoms with Crippen LogP contribution in [0.15, 0.2) is 29.2 Å². The fourth-order valence-corrected chi connectivity index (χ4v) is 4.09. The number of carboxylic acid groups (broad SMARTS) is 2. The second kappa shape index (κ2) is 7.83. The minimum atomic E-state index is -4.41. The van der Waals surface area contributed by atoms with Gasteiger partial charge in [-0.25, -0.2) is 18.0 Å². The number of hydrogen-bond acceptors (Lipinski definition) is 6. The number of ether oxygens (including phenoxy) is 1. The normalized spacial score (nSPS) is 20.4. The largest absolute Gasteiger partial charge is 0.481 e. The molecule has 1 aromatic carbocycles. The highest BCUT2D eigenvalue weighted by atomic mass is 32.2. The molecule has 1 aromatic rings. The number of nitrogens with zero attached hydrogens (tertiary/aromatic N) is 2. The zero-order chi connectivity index (χ0) is 20.2. The van der Waals surface area contributed by atoms with Crippen molar-refractivity contribution in [1.29, 1.82) is 0 Å². The molecule has 11 heteroatoms. The lowest BCUT2D eigenvalue weighted by atomic mass is 10.1. The molecule has 0 aromatic heterocycles. The van der Waals surface area contributed by atoms with E-state index in [-0.39, 0.29) is 18.0 Å². The van der Waals surface area contributed by atoms with E-state index in [1.807, 2.05) is 0 Å². The van der Waals surface area contributed by atoms with Gasteiger partial charge in [0.15, 0.2) is 0 Å². The van der Waals surface area contributed by atoms with E-state index in [0.29, 0.717) is 15.0 Å². The third kappa shape index (κ3) is 4.13. The third-order valence-corrected chi connectivity index (χ3v) is 5.84. The monoisotopic (exact) mass is 398 g/mol. The zero-order valence-electron chi connectivity index (χ0n) is 14.3. The van der Waals surface area contributed by atoms with E-state index in [9.17, 15) is 28.2 Å². The Morgan fingerprint density at radius 3 is 2.37 bits per heavy atom. The second-order valence-electron chi connectivity index (χ2n) is 5.59. The molecule has 1 saturated heterocycles. The van der Waals surface area contributed by atoms with Crippen molar-refractivity contribution in [2.45, 2.75) is 17.5 Å². The average Bonchev–Trinajstić information content (AvgIpc) is 2.62. The Kier molecular flexibility index (Phi) is 5.94. The third-order valence-electron chi connectivity index (χ3n) is 3.91. The summed E-state index contributed by atoms with van der Waals surface area (Å²) >= 11 is 0. The SMILES string of the molecule is CC#CCOc1ccc(S(=O)(=O)N2CCN(C(=O)O)CC2(O)C(=O)O)cc1. The van der Waals surface area contributed by atoms with Crippen molar-refractivity contribution in [3.05, 3.63) is 24.3 Å². The molecule has 0 radical (unpaired) electrons. The number of rotatable bonds is 5. The van der Waals surface area contributed by atoms with Gasteiger partial charge in [0.05, 0.1) is 11.4 Å². The summed E-state index contributed by atoms with van der Waals surface area (Å²) < 4.78 is 31.3. The average molecular weight is 398 g/mol. The van der Waals surface area contributed by atoms with Crippen LogP contribution in [-0.2, 0) is 14.8 Å². The number of aliphatic carboxylic acids is 1. The first-order chi connectivity index (χ1) is 12.6. The van der Waals surface area contributed by atoms with Gasteiger partial charge in [-0.3, -0.25) is 0 Å². The molecule has 1 aliphatic rings. The minimum Gasteiger partial charge on any atom is -0.481 e. The van der Waals surface area contributed by atoms with Crippen LogP contribution in [0.25, 0.3) is 0 Å². The van der Waals surface area contributed by atoms with Gasteiger partial charge in [0.1, 0.15) is 12.4 Å². The van der Waals surface area contributed by atoms with E-state index in [1.165, 1.54) is 24.3 Å². The maximum Gasteiger partial charge on any atom is 0.407 e. The van der Waals surface area contributed by atoms with E-state index in [2.05, 4.69) is 11.8 Å². The Morgan fingerprint density at radius 2 is 1.85 bits per heavy atom. The molecule has 0 saturated carbocycles. The molecular formula is C16H18N2O8S. The number of amides is 1. The fourth-order valence-electron chi connectivity index (χ4n) is 2.50. The van der Waals surface area contributed by atoms with Crippen molar-refractivity contribution in [1.82, 2.24) is 9.21 Å². The number of aliphatic hydroxyl groups is 1.